The van der Waals surface area contributed by atoms with Crippen molar-refractivity contribution in [1.29, 1.82) is 0 Å². The molecule has 0 aliphatic carbocycles. The van der Waals surface area contributed by atoms with E-state index in [1.165, 1.54) is 18.3 Å². The van der Waals surface area contributed by atoms with Crippen LogP contribution in [0.25, 0.3) is 0 Å². The number of hydrogen-bond acceptors (Lipinski definition) is 3. The highest BCUT2D eigenvalue weighted by Gasteiger charge is 2.29. The summed E-state index contributed by atoms with van der Waals surface area (Å²) in [4.78, 5) is 7.75. The van der Waals surface area contributed by atoms with Crippen LogP contribution in [0.15, 0.2) is 23.3 Å². The molecule has 0 atom stereocenters. The Balaban J connectivity index is 0.00000625. The highest BCUT2D eigenvalue weighted by molar-refractivity contribution is 14.0. The van der Waals surface area contributed by atoms with Crippen LogP contribution in [0.2, 0.25) is 0 Å². The van der Waals surface area contributed by atoms with Gasteiger partial charge in [0.05, 0.1) is 13.0 Å². The number of halogens is 7. The minimum Gasteiger partial charge on any atom is -0.468 e. The van der Waals surface area contributed by atoms with Gasteiger partial charge in [0.2, 0.25) is 5.88 Å². The number of hydrogen-bond donors (Lipinski definition) is 2. The first-order valence-electron chi connectivity index (χ1n) is 7.33. The summed E-state index contributed by atoms with van der Waals surface area (Å²) in [6, 6.07) is 2.97. The summed E-state index contributed by atoms with van der Waals surface area (Å²) in [6.45, 7) is 0.151. The lowest BCUT2D eigenvalue weighted by Crippen LogP contribution is -2.38. The second-order valence-corrected chi connectivity index (χ2v) is 4.86. The lowest BCUT2D eigenvalue weighted by Gasteiger charge is -2.13. The number of aromatic nitrogens is 1. The van der Waals surface area contributed by atoms with E-state index in [0.717, 1.165) is 0 Å². The lowest BCUT2D eigenvalue weighted by atomic mass is 10.3. The number of nitrogens with zero attached hydrogens (tertiary/aromatic N) is 2. The van der Waals surface area contributed by atoms with E-state index in [9.17, 15) is 26.3 Å². The average molecular weight is 500 g/mol. The first-order valence-corrected chi connectivity index (χ1v) is 7.33. The monoisotopic (exact) mass is 500 g/mol. The summed E-state index contributed by atoms with van der Waals surface area (Å²) >= 11 is 0. The number of aliphatic imine (C=N–C) groups is 1. The van der Waals surface area contributed by atoms with Crippen LogP contribution in [0.3, 0.4) is 0 Å². The molecule has 1 rings (SSSR count). The Hall–Kier alpha value is -1.47. The van der Waals surface area contributed by atoms with Gasteiger partial charge < -0.3 is 15.4 Å². The maximum Gasteiger partial charge on any atom is 0.422 e. The Labute approximate surface area is 163 Å². The first-order chi connectivity index (χ1) is 11.6. The van der Waals surface area contributed by atoms with E-state index >= 15 is 0 Å². The van der Waals surface area contributed by atoms with Gasteiger partial charge >= 0.3 is 12.4 Å². The number of pyridine rings is 1. The molecule has 0 spiro atoms. The third-order valence-corrected chi connectivity index (χ3v) is 2.68. The predicted molar refractivity (Wildman–Crippen MR) is 94.7 cm³/mol. The molecule has 0 saturated carbocycles. The molecular weight excluding hydrogens is 481 g/mol. The normalized spacial score (nSPS) is 12.3. The molecule has 0 bridgehead atoms. The fraction of sp³-hybridized carbons (Fsp3) is 0.571. The molecule has 0 radical (unpaired) electrons. The van der Waals surface area contributed by atoms with Gasteiger partial charge in [-0.1, -0.05) is 6.07 Å². The van der Waals surface area contributed by atoms with E-state index < -0.39 is 25.4 Å². The Morgan fingerprint density at radius 3 is 2.42 bits per heavy atom. The average Bonchev–Trinajstić information content (AvgIpc) is 2.49. The van der Waals surface area contributed by atoms with Crippen LogP contribution < -0.4 is 15.4 Å². The van der Waals surface area contributed by atoms with Gasteiger partial charge in [-0.25, -0.2) is 9.98 Å². The van der Waals surface area contributed by atoms with Crippen LogP contribution >= 0.6 is 24.0 Å². The Morgan fingerprint density at radius 2 is 1.85 bits per heavy atom. The SMILES string of the molecule is CCNC(=NCc1cccnc1OCC(F)(F)F)NCCC(F)(F)F.I. The van der Waals surface area contributed by atoms with Crippen molar-refractivity contribution in [2.45, 2.75) is 32.2 Å². The Morgan fingerprint density at radius 1 is 1.15 bits per heavy atom. The number of alkyl halides is 6. The summed E-state index contributed by atoms with van der Waals surface area (Å²) in [7, 11) is 0. The second-order valence-electron chi connectivity index (χ2n) is 4.86. The zero-order valence-electron chi connectivity index (χ0n) is 13.7. The molecule has 5 nitrogen and oxygen atoms in total. The molecule has 0 aliphatic heterocycles. The third-order valence-electron chi connectivity index (χ3n) is 2.68. The van der Waals surface area contributed by atoms with Crippen molar-refractivity contribution in [2.24, 2.45) is 4.99 Å². The van der Waals surface area contributed by atoms with Gasteiger partial charge in [-0.05, 0) is 13.0 Å². The number of guanidine groups is 1. The van der Waals surface area contributed by atoms with E-state index in [4.69, 9.17) is 0 Å². The van der Waals surface area contributed by atoms with Crippen LogP contribution in [0, 0.1) is 0 Å². The number of nitrogens with one attached hydrogen (secondary N) is 2. The molecule has 0 aromatic carbocycles. The van der Waals surface area contributed by atoms with Gasteiger partial charge in [0.15, 0.2) is 12.6 Å². The van der Waals surface area contributed by atoms with E-state index in [0.29, 0.717) is 6.54 Å². The van der Waals surface area contributed by atoms with Crippen LogP contribution in [-0.2, 0) is 6.54 Å². The summed E-state index contributed by atoms with van der Waals surface area (Å²) < 4.78 is 77.8. The Kier molecular flexibility index (Phi) is 10.6. The van der Waals surface area contributed by atoms with E-state index in [2.05, 4.69) is 25.3 Å². The van der Waals surface area contributed by atoms with Gasteiger partial charge in [0, 0.05) is 24.8 Å². The van der Waals surface area contributed by atoms with E-state index in [1.807, 2.05) is 0 Å². The van der Waals surface area contributed by atoms with Crippen LogP contribution in [0.1, 0.15) is 18.9 Å². The molecule has 12 heteroatoms. The van der Waals surface area contributed by atoms with E-state index in [-0.39, 0.29) is 54.5 Å². The highest BCUT2D eigenvalue weighted by Crippen LogP contribution is 2.20. The molecule has 0 saturated heterocycles. The zero-order chi connectivity index (χ0) is 18.9. The first kappa shape index (κ1) is 24.5. The maximum absolute atomic E-state index is 12.2. The smallest absolute Gasteiger partial charge is 0.422 e. The summed E-state index contributed by atoms with van der Waals surface area (Å²) in [5.41, 5.74) is 0.278. The Bertz CT molecular complexity index is 565. The minimum atomic E-state index is -4.51. The van der Waals surface area contributed by atoms with Gasteiger partial charge in [-0.2, -0.15) is 26.3 Å². The molecule has 1 aromatic heterocycles. The standard InChI is InChI=1S/C14H18F6N4O.HI/c1-2-21-12(23-7-5-13(15,16)17)24-8-10-4-3-6-22-11(10)25-9-14(18,19)20;/h3-4,6H,2,5,7-9H2,1H3,(H2,21,23,24);1H. The van der Waals surface area contributed by atoms with Gasteiger partial charge in [-0.3, -0.25) is 0 Å². The van der Waals surface area contributed by atoms with Crippen molar-refractivity contribution >= 4 is 29.9 Å². The second kappa shape index (κ2) is 11.3. The zero-order valence-corrected chi connectivity index (χ0v) is 16.1. The number of ether oxygens (including phenoxy) is 1. The third kappa shape index (κ3) is 11.2. The minimum absolute atomic E-state index is 0. The summed E-state index contributed by atoms with van der Waals surface area (Å²) in [6.07, 6.45) is -8.58. The molecule has 150 valence electrons. The molecular formula is C14H19F6IN4O. The largest absolute Gasteiger partial charge is 0.468 e. The van der Waals surface area contributed by atoms with Crippen molar-refractivity contribution in [3.05, 3.63) is 23.9 Å². The molecule has 0 unspecified atom stereocenters. The fourth-order valence-electron chi connectivity index (χ4n) is 1.65. The highest BCUT2D eigenvalue weighted by atomic mass is 127. The molecule has 1 heterocycles. The van der Waals surface area contributed by atoms with E-state index in [1.54, 1.807) is 6.92 Å². The van der Waals surface area contributed by atoms with Crippen LogP contribution in [0.5, 0.6) is 5.88 Å². The van der Waals surface area contributed by atoms with Crippen molar-refractivity contribution in [3.63, 3.8) is 0 Å². The maximum atomic E-state index is 12.2. The van der Waals surface area contributed by atoms with Crippen molar-refractivity contribution in [3.8, 4) is 5.88 Å². The molecule has 0 fully saturated rings. The van der Waals surface area contributed by atoms with Crippen LogP contribution in [0.4, 0.5) is 26.3 Å². The summed E-state index contributed by atoms with van der Waals surface area (Å²) in [5, 5.41) is 5.25. The molecule has 0 aliphatic rings. The molecule has 2 N–H and O–H groups in total. The van der Waals surface area contributed by atoms with Crippen molar-refractivity contribution < 1.29 is 31.1 Å². The fourth-order valence-corrected chi connectivity index (χ4v) is 1.65. The van der Waals surface area contributed by atoms with Crippen molar-refractivity contribution in [2.75, 3.05) is 19.7 Å². The lowest BCUT2D eigenvalue weighted by molar-refractivity contribution is -0.154. The van der Waals surface area contributed by atoms with Gasteiger partial charge in [0.1, 0.15) is 0 Å². The van der Waals surface area contributed by atoms with Crippen molar-refractivity contribution in [1.82, 2.24) is 15.6 Å². The molecule has 0 amide bonds. The molecule has 1 aromatic rings. The van der Waals surface area contributed by atoms with Gasteiger partial charge in [-0.15, -0.1) is 24.0 Å². The quantitative estimate of drug-likeness (QED) is 0.260. The summed E-state index contributed by atoms with van der Waals surface area (Å²) in [5.74, 6) is -0.118. The predicted octanol–water partition coefficient (Wildman–Crippen LogP) is 3.65. The van der Waals surface area contributed by atoms with Crippen LogP contribution in [-0.4, -0.2) is 43.0 Å². The number of rotatable bonds is 7. The topological polar surface area (TPSA) is 58.5 Å². The molecule has 26 heavy (non-hydrogen) atoms. The van der Waals surface area contributed by atoms with Gasteiger partial charge in [0.25, 0.3) is 0 Å².